The molecule has 1 aliphatic rings. The lowest BCUT2D eigenvalue weighted by Crippen LogP contribution is -2.49. The van der Waals surface area contributed by atoms with E-state index in [4.69, 9.17) is 8.83 Å². The third kappa shape index (κ3) is 6.64. The molecule has 2 aromatic heterocycles. The molecule has 0 bridgehead atoms. The van der Waals surface area contributed by atoms with Crippen LogP contribution in [0, 0.1) is 13.8 Å². The summed E-state index contributed by atoms with van der Waals surface area (Å²) < 4.78 is 110. The Morgan fingerprint density at radius 3 is 1.00 bits per heavy atom. The van der Waals surface area contributed by atoms with Gasteiger partial charge in [0.25, 0.3) is 0 Å². The quantitative estimate of drug-likeness (QED) is 0.142. The number of hydrogen-bond acceptors (Lipinski definition) is 2. The Balaban J connectivity index is 1.07. The number of allylic oxidation sites excluding steroid dienone is 2. The molecular weight excluding hydrogens is 855 g/mol. The van der Waals surface area contributed by atoms with Gasteiger partial charge in [0.2, 0.25) is 0 Å². The second kappa shape index (κ2) is 15.7. The van der Waals surface area contributed by atoms with Crippen molar-refractivity contribution in [3.05, 3.63) is 217 Å². The molecule has 0 amide bonds. The maximum Gasteiger partial charge on any atom is 0.380 e. The monoisotopic (exact) mass is 892 g/mol. The Hall–Kier alpha value is -7.84. The molecule has 2 heterocycles. The fraction of sp³-hybridized carbons (Fsp3) is 0.0847. The minimum Gasteiger partial charge on any atom is -0.461 e. The molecule has 0 spiro atoms. The van der Waals surface area contributed by atoms with Gasteiger partial charge in [0.05, 0.1) is 0 Å². The van der Waals surface area contributed by atoms with E-state index < -0.39 is 40.0 Å². The summed E-state index contributed by atoms with van der Waals surface area (Å²) >= 11 is 0. The highest BCUT2D eigenvalue weighted by molar-refractivity contribution is 6.12. The largest absolute Gasteiger partial charge is 0.461 e. The predicted octanol–water partition coefficient (Wildman–Crippen LogP) is 17.6. The zero-order valence-electron chi connectivity index (χ0n) is 36.1. The van der Waals surface area contributed by atoms with E-state index in [0.29, 0.717) is 11.1 Å². The van der Waals surface area contributed by atoms with Crippen LogP contribution in [0.25, 0.3) is 99.8 Å². The van der Waals surface area contributed by atoms with Crippen molar-refractivity contribution in [1.82, 2.24) is 0 Å². The van der Waals surface area contributed by atoms with Crippen molar-refractivity contribution < 1.29 is 35.2 Å². The summed E-state index contributed by atoms with van der Waals surface area (Å²) in [7, 11) is 0. The second-order valence-corrected chi connectivity index (χ2v) is 16.9. The highest BCUT2D eigenvalue weighted by Gasteiger charge is 2.81. The van der Waals surface area contributed by atoms with Crippen LogP contribution < -0.4 is 0 Å². The number of halogens is 6. The van der Waals surface area contributed by atoms with Crippen molar-refractivity contribution in [2.75, 3.05) is 0 Å². The van der Waals surface area contributed by atoms with E-state index in [9.17, 15) is 0 Å². The molecule has 0 saturated heterocycles. The van der Waals surface area contributed by atoms with Crippen LogP contribution >= 0.6 is 0 Å². The molecule has 0 radical (unpaired) electrons. The van der Waals surface area contributed by atoms with Crippen molar-refractivity contribution in [2.45, 2.75) is 31.6 Å². The third-order valence-electron chi connectivity index (χ3n) is 12.9. The van der Waals surface area contributed by atoms with Crippen LogP contribution in [0.15, 0.2) is 203 Å². The molecule has 0 unspecified atom stereocenters. The molecule has 8 aromatic carbocycles. The molecule has 10 aromatic rings. The van der Waals surface area contributed by atoms with E-state index in [2.05, 4.69) is 12.1 Å². The normalized spacial score (nSPS) is 15.2. The molecule has 0 N–H and O–H groups in total. The van der Waals surface area contributed by atoms with Crippen molar-refractivity contribution in [1.29, 1.82) is 0 Å². The molecular formula is C59H38F6O2. The Labute approximate surface area is 382 Å². The van der Waals surface area contributed by atoms with Gasteiger partial charge in [0.15, 0.2) is 0 Å². The van der Waals surface area contributed by atoms with Gasteiger partial charge in [-0.25, -0.2) is 0 Å². The maximum absolute atomic E-state index is 16.6. The van der Waals surface area contributed by atoms with Gasteiger partial charge in [-0.15, -0.1) is 0 Å². The Bertz CT molecular complexity index is 3320. The zero-order valence-corrected chi connectivity index (χ0v) is 36.1. The number of alkyl halides is 6. The Morgan fingerprint density at radius 2 is 0.642 bits per heavy atom. The average Bonchev–Trinajstić information content (AvgIpc) is 3.89. The first kappa shape index (κ1) is 41.8. The fourth-order valence-electron chi connectivity index (χ4n) is 9.71. The summed E-state index contributed by atoms with van der Waals surface area (Å²) in [5.41, 5.74) is 6.54. The van der Waals surface area contributed by atoms with Crippen LogP contribution in [0.5, 0.6) is 0 Å². The first-order chi connectivity index (χ1) is 32.3. The van der Waals surface area contributed by atoms with Gasteiger partial charge in [-0.05, 0) is 117 Å². The number of furan rings is 2. The van der Waals surface area contributed by atoms with Crippen LogP contribution in [0.3, 0.4) is 0 Å². The Kier molecular flexibility index (Phi) is 9.78. The molecule has 328 valence electrons. The van der Waals surface area contributed by atoms with E-state index in [1.54, 1.807) is 24.3 Å². The van der Waals surface area contributed by atoms with E-state index in [0.717, 1.165) is 55.6 Å². The highest BCUT2D eigenvalue weighted by Crippen LogP contribution is 2.66. The van der Waals surface area contributed by atoms with Crippen molar-refractivity contribution >= 4 is 33.1 Å². The molecule has 67 heavy (non-hydrogen) atoms. The van der Waals surface area contributed by atoms with Crippen molar-refractivity contribution in [3.8, 4) is 66.8 Å². The summed E-state index contributed by atoms with van der Waals surface area (Å²) in [6.45, 7) is 2.66. The van der Waals surface area contributed by atoms with E-state index in [1.807, 2.05) is 146 Å². The summed E-state index contributed by atoms with van der Waals surface area (Å²) in [4.78, 5) is 0. The molecule has 11 rings (SSSR count). The van der Waals surface area contributed by atoms with Crippen LogP contribution in [0.4, 0.5) is 26.3 Å². The summed E-state index contributed by atoms with van der Waals surface area (Å²) in [5.74, 6) is -16.9. The molecule has 0 aliphatic heterocycles. The molecule has 0 saturated carbocycles. The van der Waals surface area contributed by atoms with Gasteiger partial charge in [-0.3, -0.25) is 0 Å². The first-order valence-corrected chi connectivity index (χ1v) is 21.8. The van der Waals surface area contributed by atoms with Crippen molar-refractivity contribution in [2.24, 2.45) is 0 Å². The summed E-state index contributed by atoms with van der Waals surface area (Å²) in [6.07, 6.45) is 0. The van der Waals surface area contributed by atoms with Crippen molar-refractivity contribution in [3.63, 3.8) is 0 Å². The zero-order chi connectivity index (χ0) is 46.2. The van der Waals surface area contributed by atoms with Crippen LogP contribution in [0.1, 0.15) is 22.6 Å². The van der Waals surface area contributed by atoms with Gasteiger partial charge < -0.3 is 8.83 Å². The third-order valence-corrected chi connectivity index (χ3v) is 12.9. The molecule has 1 aliphatic carbocycles. The summed E-state index contributed by atoms with van der Waals surface area (Å²) in [5, 5.41) is -0.0200. The maximum atomic E-state index is 16.6. The molecule has 0 fully saturated rings. The molecule has 0 atom stereocenters. The first-order valence-electron chi connectivity index (χ1n) is 21.8. The number of benzene rings is 8. The van der Waals surface area contributed by atoms with Crippen LogP contribution in [-0.4, -0.2) is 17.8 Å². The molecule has 2 nitrogen and oxygen atoms in total. The number of fused-ring (bicyclic) bond motifs is 2. The van der Waals surface area contributed by atoms with Crippen LogP contribution in [-0.2, 0) is 0 Å². The SMILES string of the molecule is Cc1oc2cc(-c3ccc(-c4ccccc4)cc3-c3ccccc3)ccc2c1C1=C(c2c(C)oc3cc(-c4ccc(-c5ccccc5)cc4-c4ccccc4)ccc23)C(F)(F)C(F)(F)C1(F)F. The summed E-state index contributed by atoms with van der Waals surface area (Å²) in [6, 6.07) is 60.7. The highest BCUT2D eigenvalue weighted by atomic mass is 19.3. The predicted molar refractivity (Wildman–Crippen MR) is 256 cm³/mol. The van der Waals surface area contributed by atoms with Gasteiger partial charge in [-0.2, -0.15) is 26.3 Å². The number of aryl methyl sites for hydroxylation is 2. The number of hydrogen-bond donors (Lipinski definition) is 0. The van der Waals surface area contributed by atoms with E-state index >= 15 is 26.3 Å². The standard InChI is InChI=1S/C59H38F6O2/c1-35-53(47-29-25-43(33-51(47)66-35)45-27-23-41(37-15-7-3-8-16-37)31-49(45)39-19-11-5-12-20-39)55-56(58(62,63)59(64,65)57(55,60)61)54-36(2)67-52-34-44(26-30-48(52)54)46-28-24-42(38-17-9-4-10-18-38)32-50(46)40-21-13-6-14-22-40/h3-34H,1-2H3. The van der Waals surface area contributed by atoms with Gasteiger partial charge in [-0.1, -0.05) is 158 Å². The van der Waals surface area contributed by atoms with Gasteiger partial charge in [0, 0.05) is 33.0 Å². The lowest BCUT2D eigenvalue weighted by atomic mass is 9.89. The lowest BCUT2D eigenvalue weighted by molar-refractivity contribution is -0.254. The number of rotatable bonds is 8. The Morgan fingerprint density at radius 1 is 0.313 bits per heavy atom. The van der Waals surface area contributed by atoms with E-state index in [1.165, 1.54) is 26.0 Å². The van der Waals surface area contributed by atoms with Gasteiger partial charge >= 0.3 is 17.8 Å². The topological polar surface area (TPSA) is 26.3 Å². The fourth-order valence-corrected chi connectivity index (χ4v) is 9.71. The minimum absolute atomic E-state index is 0.00998. The lowest BCUT2D eigenvalue weighted by Gasteiger charge is -2.25. The van der Waals surface area contributed by atoms with E-state index in [-0.39, 0.29) is 33.5 Å². The smallest absolute Gasteiger partial charge is 0.380 e. The minimum atomic E-state index is -5.80. The van der Waals surface area contributed by atoms with Gasteiger partial charge in [0.1, 0.15) is 22.7 Å². The molecule has 8 heteroatoms. The second-order valence-electron chi connectivity index (χ2n) is 16.9. The van der Waals surface area contributed by atoms with Crippen LogP contribution in [0.2, 0.25) is 0 Å². The average molecular weight is 893 g/mol.